The molecule has 0 saturated carbocycles. The van der Waals surface area contributed by atoms with E-state index >= 15 is 0 Å². The fourth-order valence-corrected chi connectivity index (χ4v) is 2.60. The Labute approximate surface area is 110 Å². The van der Waals surface area contributed by atoms with Crippen molar-refractivity contribution < 1.29 is 4.39 Å². The molecule has 1 aliphatic heterocycles. The van der Waals surface area contributed by atoms with E-state index in [0.29, 0.717) is 16.3 Å². The van der Waals surface area contributed by atoms with Gasteiger partial charge in [0.05, 0.1) is 0 Å². The van der Waals surface area contributed by atoms with E-state index in [4.69, 9.17) is 0 Å². The molecule has 2 rings (SSSR count). The van der Waals surface area contributed by atoms with Gasteiger partial charge >= 0.3 is 0 Å². The van der Waals surface area contributed by atoms with Crippen LogP contribution < -0.4 is 10.2 Å². The van der Waals surface area contributed by atoms with Crippen molar-refractivity contribution in [1.82, 2.24) is 10.3 Å². The van der Waals surface area contributed by atoms with Crippen LogP contribution in [-0.2, 0) is 0 Å². The largest absolute Gasteiger partial charge is 0.350 e. The first-order valence-electron chi connectivity index (χ1n) is 6.00. The molecular weight excluding hydrogens is 285 g/mol. The summed E-state index contributed by atoms with van der Waals surface area (Å²) in [6, 6.07) is 1.82. The molecule has 0 aromatic carbocycles. The Morgan fingerprint density at radius 2 is 2.47 bits per heavy atom. The standard InChI is InChI=1S/C12H17BrFN3/c1-2-17(10-4-3-5-15-8-10)12-11(14)6-9(13)7-16-12/h6-7,10,15H,2-5,8H2,1H3. The number of halogens is 2. The lowest BCUT2D eigenvalue weighted by atomic mass is 10.1. The molecule has 1 aliphatic rings. The van der Waals surface area contributed by atoms with Crippen LogP contribution in [0.4, 0.5) is 10.2 Å². The minimum absolute atomic E-state index is 0.258. The van der Waals surface area contributed by atoms with Crippen LogP contribution in [0.25, 0.3) is 0 Å². The molecule has 2 heterocycles. The van der Waals surface area contributed by atoms with Crippen LogP contribution >= 0.6 is 15.9 Å². The second-order valence-electron chi connectivity index (χ2n) is 4.25. The molecule has 0 amide bonds. The number of likely N-dealkylation sites (N-methyl/N-ethyl adjacent to an activating group) is 1. The first-order chi connectivity index (χ1) is 8.22. The minimum atomic E-state index is -0.258. The van der Waals surface area contributed by atoms with E-state index in [9.17, 15) is 4.39 Å². The highest BCUT2D eigenvalue weighted by Gasteiger charge is 2.23. The van der Waals surface area contributed by atoms with Gasteiger partial charge in [-0.25, -0.2) is 9.37 Å². The van der Waals surface area contributed by atoms with Crippen LogP contribution in [0.3, 0.4) is 0 Å². The van der Waals surface area contributed by atoms with Crippen LogP contribution in [0.5, 0.6) is 0 Å². The number of pyridine rings is 1. The molecule has 94 valence electrons. The smallest absolute Gasteiger partial charge is 0.166 e. The maximum absolute atomic E-state index is 13.9. The van der Waals surface area contributed by atoms with Crippen molar-refractivity contribution in [3.63, 3.8) is 0 Å². The van der Waals surface area contributed by atoms with Gasteiger partial charge in [-0.05, 0) is 48.3 Å². The summed E-state index contributed by atoms with van der Waals surface area (Å²) < 4.78 is 14.6. The maximum Gasteiger partial charge on any atom is 0.166 e. The van der Waals surface area contributed by atoms with Crippen LogP contribution in [0.2, 0.25) is 0 Å². The van der Waals surface area contributed by atoms with E-state index in [1.807, 2.05) is 11.8 Å². The number of hydrogen-bond acceptors (Lipinski definition) is 3. The monoisotopic (exact) mass is 301 g/mol. The lowest BCUT2D eigenvalue weighted by molar-refractivity contribution is 0.429. The molecule has 0 bridgehead atoms. The Hall–Kier alpha value is -0.680. The van der Waals surface area contributed by atoms with Gasteiger partial charge in [0.15, 0.2) is 11.6 Å². The maximum atomic E-state index is 13.9. The third-order valence-electron chi connectivity index (χ3n) is 3.11. The van der Waals surface area contributed by atoms with Gasteiger partial charge in [0, 0.05) is 29.8 Å². The zero-order chi connectivity index (χ0) is 12.3. The van der Waals surface area contributed by atoms with E-state index in [-0.39, 0.29) is 5.82 Å². The Bertz CT molecular complexity index is 380. The van der Waals surface area contributed by atoms with E-state index in [0.717, 1.165) is 32.5 Å². The summed E-state index contributed by atoms with van der Waals surface area (Å²) in [6.07, 6.45) is 3.88. The first kappa shape index (κ1) is 12.8. The molecule has 1 aromatic heterocycles. The van der Waals surface area contributed by atoms with E-state index < -0.39 is 0 Å². The number of nitrogens with zero attached hydrogens (tertiary/aromatic N) is 2. The molecular formula is C12H17BrFN3. The van der Waals surface area contributed by atoms with Gasteiger partial charge in [-0.3, -0.25) is 0 Å². The van der Waals surface area contributed by atoms with Gasteiger partial charge in [0.2, 0.25) is 0 Å². The molecule has 1 atom stereocenters. The van der Waals surface area contributed by atoms with Crippen molar-refractivity contribution in [2.24, 2.45) is 0 Å². The van der Waals surface area contributed by atoms with Crippen molar-refractivity contribution in [3.8, 4) is 0 Å². The van der Waals surface area contributed by atoms with E-state index in [1.165, 1.54) is 6.07 Å². The molecule has 0 radical (unpaired) electrons. The first-order valence-corrected chi connectivity index (χ1v) is 6.80. The summed E-state index contributed by atoms with van der Waals surface area (Å²) in [5.74, 6) is 0.205. The summed E-state index contributed by atoms with van der Waals surface area (Å²) >= 11 is 3.23. The zero-order valence-electron chi connectivity index (χ0n) is 9.92. The Balaban J connectivity index is 2.21. The predicted octanol–water partition coefficient (Wildman–Crippen LogP) is 2.56. The fraction of sp³-hybridized carbons (Fsp3) is 0.583. The van der Waals surface area contributed by atoms with Crippen LogP contribution in [0, 0.1) is 5.82 Å². The van der Waals surface area contributed by atoms with Crippen molar-refractivity contribution in [3.05, 3.63) is 22.6 Å². The SMILES string of the molecule is CCN(c1ncc(Br)cc1F)C1CCCNC1. The number of anilines is 1. The molecule has 0 spiro atoms. The molecule has 17 heavy (non-hydrogen) atoms. The van der Waals surface area contributed by atoms with E-state index in [2.05, 4.69) is 26.2 Å². The number of hydrogen-bond donors (Lipinski definition) is 1. The predicted molar refractivity (Wildman–Crippen MR) is 70.8 cm³/mol. The molecule has 5 heteroatoms. The lowest BCUT2D eigenvalue weighted by Crippen LogP contribution is -2.46. The van der Waals surface area contributed by atoms with Gasteiger partial charge in [-0.1, -0.05) is 0 Å². The van der Waals surface area contributed by atoms with Crippen LogP contribution in [-0.4, -0.2) is 30.7 Å². The van der Waals surface area contributed by atoms with Crippen LogP contribution in [0.1, 0.15) is 19.8 Å². The van der Waals surface area contributed by atoms with Crippen LogP contribution in [0.15, 0.2) is 16.7 Å². The highest BCUT2D eigenvalue weighted by atomic mass is 79.9. The molecule has 1 unspecified atom stereocenters. The summed E-state index contributed by atoms with van der Waals surface area (Å²) in [6.45, 7) is 4.78. The fourth-order valence-electron chi connectivity index (χ4n) is 2.30. The summed E-state index contributed by atoms with van der Waals surface area (Å²) in [4.78, 5) is 6.25. The topological polar surface area (TPSA) is 28.2 Å². The number of nitrogens with one attached hydrogen (secondary N) is 1. The quantitative estimate of drug-likeness (QED) is 0.930. The Morgan fingerprint density at radius 1 is 1.65 bits per heavy atom. The Kier molecular flexibility index (Phi) is 4.34. The average molecular weight is 302 g/mol. The third-order valence-corrected chi connectivity index (χ3v) is 3.55. The molecule has 0 aliphatic carbocycles. The molecule has 1 fully saturated rings. The second kappa shape index (κ2) is 5.78. The van der Waals surface area contributed by atoms with Crippen molar-refractivity contribution in [1.29, 1.82) is 0 Å². The highest BCUT2D eigenvalue weighted by molar-refractivity contribution is 9.10. The van der Waals surface area contributed by atoms with Crippen molar-refractivity contribution in [2.75, 3.05) is 24.5 Å². The summed E-state index contributed by atoms with van der Waals surface area (Å²) in [5, 5.41) is 3.35. The normalized spacial score (nSPS) is 20.3. The van der Waals surface area contributed by atoms with Crippen molar-refractivity contribution >= 4 is 21.7 Å². The Morgan fingerprint density at radius 3 is 3.06 bits per heavy atom. The molecule has 1 N–H and O–H groups in total. The highest BCUT2D eigenvalue weighted by Crippen LogP contribution is 2.23. The minimum Gasteiger partial charge on any atom is -0.350 e. The van der Waals surface area contributed by atoms with Gasteiger partial charge in [0.25, 0.3) is 0 Å². The summed E-state index contributed by atoms with van der Waals surface area (Å²) in [5.41, 5.74) is 0. The summed E-state index contributed by atoms with van der Waals surface area (Å²) in [7, 11) is 0. The molecule has 1 saturated heterocycles. The van der Waals surface area contributed by atoms with Gasteiger partial charge < -0.3 is 10.2 Å². The molecule has 1 aromatic rings. The van der Waals surface area contributed by atoms with Gasteiger partial charge in [0.1, 0.15) is 0 Å². The van der Waals surface area contributed by atoms with Gasteiger partial charge in [-0.15, -0.1) is 0 Å². The number of aromatic nitrogens is 1. The van der Waals surface area contributed by atoms with Gasteiger partial charge in [-0.2, -0.15) is 0 Å². The molecule has 3 nitrogen and oxygen atoms in total. The lowest BCUT2D eigenvalue weighted by Gasteiger charge is -2.34. The number of rotatable bonds is 3. The van der Waals surface area contributed by atoms with Crippen molar-refractivity contribution in [2.45, 2.75) is 25.8 Å². The number of piperidine rings is 1. The zero-order valence-corrected chi connectivity index (χ0v) is 11.5. The third kappa shape index (κ3) is 2.96. The second-order valence-corrected chi connectivity index (χ2v) is 5.16. The average Bonchev–Trinajstić information content (AvgIpc) is 2.34. The van der Waals surface area contributed by atoms with E-state index in [1.54, 1.807) is 6.20 Å².